The number of fused-ring (bicyclic) bond motifs is 1. The van der Waals surface area contributed by atoms with Gasteiger partial charge in [-0.25, -0.2) is 4.39 Å². The molecule has 0 saturated heterocycles. The molecule has 1 heterocycles. The van der Waals surface area contributed by atoms with Gasteiger partial charge in [0.25, 0.3) is 0 Å². The molecule has 4 nitrogen and oxygen atoms in total. The van der Waals surface area contributed by atoms with Gasteiger partial charge in [-0.15, -0.1) is 0 Å². The fourth-order valence-corrected chi connectivity index (χ4v) is 3.53. The monoisotopic (exact) mass is 377 g/mol. The second kappa shape index (κ2) is 7.96. The summed E-state index contributed by atoms with van der Waals surface area (Å²) in [5.41, 5.74) is 2.09. The van der Waals surface area contributed by atoms with Crippen molar-refractivity contribution in [3.8, 4) is 11.5 Å². The van der Waals surface area contributed by atoms with Crippen LogP contribution in [0.4, 0.5) is 10.1 Å². The van der Waals surface area contributed by atoms with E-state index in [1.165, 1.54) is 6.07 Å². The molecule has 0 aromatic heterocycles. The molecule has 1 aliphatic rings. The summed E-state index contributed by atoms with van der Waals surface area (Å²) >= 11 is 5.94. The minimum absolute atomic E-state index is 0.103. The predicted molar refractivity (Wildman–Crippen MR) is 100.0 cm³/mol. The van der Waals surface area contributed by atoms with Crippen LogP contribution in [0.25, 0.3) is 0 Å². The highest BCUT2D eigenvalue weighted by molar-refractivity contribution is 6.30. The van der Waals surface area contributed by atoms with Crippen LogP contribution in [0, 0.1) is 5.82 Å². The van der Waals surface area contributed by atoms with E-state index in [1.807, 2.05) is 12.1 Å². The number of methoxy groups -OCH3 is 2. The van der Waals surface area contributed by atoms with Gasteiger partial charge in [0.15, 0.2) is 0 Å². The zero-order chi connectivity index (χ0) is 18.7. The van der Waals surface area contributed by atoms with Crippen molar-refractivity contribution in [1.82, 2.24) is 0 Å². The summed E-state index contributed by atoms with van der Waals surface area (Å²) in [6.07, 6.45) is 2.32. The highest BCUT2D eigenvalue weighted by Crippen LogP contribution is 2.33. The summed E-state index contributed by atoms with van der Waals surface area (Å²) in [6.45, 7) is 0.520. The maximum Gasteiger partial charge on any atom is 0.227 e. The molecule has 0 unspecified atom stereocenters. The molecule has 1 aliphatic heterocycles. The van der Waals surface area contributed by atoms with Gasteiger partial charge in [-0.1, -0.05) is 11.6 Å². The molecule has 1 amide bonds. The SMILES string of the molecule is COc1cc(CCC(=O)N2CCCc3cc(Cl)cc(F)c32)cc(OC)c1. The van der Waals surface area contributed by atoms with E-state index in [-0.39, 0.29) is 12.3 Å². The topological polar surface area (TPSA) is 38.8 Å². The van der Waals surface area contributed by atoms with Crippen molar-refractivity contribution in [2.75, 3.05) is 25.7 Å². The van der Waals surface area contributed by atoms with Crippen LogP contribution in [0.15, 0.2) is 30.3 Å². The Bertz CT molecular complexity index is 803. The third kappa shape index (κ3) is 3.93. The number of carbonyl (C=O) groups excluding carboxylic acids is 1. The molecule has 0 fully saturated rings. The molecular formula is C20H21ClFNO3. The molecule has 0 saturated carbocycles. The number of hydrogen-bond donors (Lipinski definition) is 0. The molecule has 0 aliphatic carbocycles. The van der Waals surface area contributed by atoms with E-state index in [1.54, 1.807) is 31.3 Å². The number of halogens is 2. The number of ether oxygens (including phenoxy) is 2. The molecule has 2 aromatic carbocycles. The van der Waals surface area contributed by atoms with E-state index >= 15 is 0 Å². The molecular weight excluding hydrogens is 357 g/mol. The van der Waals surface area contributed by atoms with E-state index in [0.29, 0.717) is 35.2 Å². The zero-order valence-electron chi connectivity index (χ0n) is 14.9. The normalized spacial score (nSPS) is 13.3. The average Bonchev–Trinajstić information content (AvgIpc) is 2.64. The van der Waals surface area contributed by atoms with Gasteiger partial charge in [-0.3, -0.25) is 4.79 Å². The summed E-state index contributed by atoms with van der Waals surface area (Å²) in [5.74, 6) is 0.809. The standard InChI is InChI=1S/C20H21ClFNO3/c1-25-16-8-13(9-17(12-16)26-2)5-6-19(24)23-7-3-4-14-10-15(21)11-18(22)20(14)23/h8-12H,3-7H2,1-2H3. The second-order valence-corrected chi connectivity index (χ2v) is 6.70. The van der Waals surface area contributed by atoms with Gasteiger partial charge < -0.3 is 14.4 Å². The first-order chi connectivity index (χ1) is 12.5. The lowest BCUT2D eigenvalue weighted by Gasteiger charge is -2.30. The number of benzene rings is 2. The predicted octanol–water partition coefficient (Wildman–Crippen LogP) is 4.41. The number of carbonyl (C=O) groups is 1. The third-order valence-corrected chi connectivity index (χ3v) is 4.76. The van der Waals surface area contributed by atoms with Crippen LogP contribution in [0.2, 0.25) is 5.02 Å². The van der Waals surface area contributed by atoms with Gasteiger partial charge in [0, 0.05) is 24.1 Å². The van der Waals surface area contributed by atoms with E-state index in [9.17, 15) is 9.18 Å². The fourth-order valence-electron chi connectivity index (χ4n) is 3.30. The highest BCUT2D eigenvalue weighted by atomic mass is 35.5. The Labute approximate surface area is 157 Å². The van der Waals surface area contributed by atoms with Crippen LogP contribution >= 0.6 is 11.6 Å². The van der Waals surface area contributed by atoms with Crippen molar-refractivity contribution in [2.24, 2.45) is 0 Å². The van der Waals surface area contributed by atoms with Gasteiger partial charge in [0.1, 0.15) is 17.3 Å². The summed E-state index contributed by atoms with van der Waals surface area (Å²) in [4.78, 5) is 14.3. The Balaban J connectivity index is 1.76. The van der Waals surface area contributed by atoms with Crippen molar-refractivity contribution in [2.45, 2.75) is 25.7 Å². The molecule has 3 rings (SSSR count). The second-order valence-electron chi connectivity index (χ2n) is 6.27. The number of rotatable bonds is 5. The van der Waals surface area contributed by atoms with Crippen LogP contribution in [-0.2, 0) is 17.6 Å². The summed E-state index contributed by atoms with van der Waals surface area (Å²) < 4.78 is 24.9. The Morgan fingerprint density at radius 1 is 1.15 bits per heavy atom. The molecule has 0 spiro atoms. The number of anilines is 1. The molecule has 0 bridgehead atoms. The van der Waals surface area contributed by atoms with Crippen molar-refractivity contribution in [3.05, 3.63) is 52.3 Å². The van der Waals surface area contributed by atoms with Crippen LogP contribution in [0.1, 0.15) is 24.0 Å². The largest absolute Gasteiger partial charge is 0.497 e. The summed E-state index contributed by atoms with van der Waals surface area (Å²) in [6, 6.07) is 8.54. The molecule has 0 atom stereocenters. The first kappa shape index (κ1) is 18.5. The summed E-state index contributed by atoms with van der Waals surface area (Å²) in [5, 5.41) is 0.360. The highest BCUT2D eigenvalue weighted by Gasteiger charge is 2.26. The number of hydrogen-bond acceptors (Lipinski definition) is 3. The van der Waals surface area contributed by atoms with E-state index in [4.69, 9.17) is 21.1 Å². The van der Waals surface area contributed by atoms with Gasteiger partial charge in [-0.05, 0) is 54.7 Å². The average molecular weight is 378 g/mol. The minimum Gasteiger partial charge on any atom is -0.497 e. The molecule has 26 heavy (non-hydrogen) atoms. The van der Waals surface area contributed by atoms with Gasteiger partial charge in [-0.2, -0.15) is 0 Å². The first-order valence-electron chi connectivity index (χ1n) is 8.52. The molecule has 2 aromatic rings. The quantitative estimate of drug-likeness (QED) is 0.774. The van der Waals surface area contributed by atoms with Crippen LogP contribution in [-0.4, -0.2) is 26.7 Å². The summed E-state index contributed by atoms with van der Waals surface area (Å²) in [7, 11) is 3.17. The lowest BCUT2D eigenvalue weighted by molar-refractivity contribution is -0.118. The lowest BCUT2D eigenvalue weighted by atomic mass is 10.00. The van der Waals surface area contributed by atoms with Gasteiger partial charge in [0.2, 0.25) is 5.91 Å². The van der Waals surface area contributed by atoms with E-state index in [2.05, 4.69) is 0 Å². The Kier molecular flexibility index (Phi) is 5.67. The zero-order valence-corrected chi connectivity index (χ0v) is 15.6. The minimum atomic E-state index is -0.441. The van der Waals surface area contributed by atoms with E-state index in [0.717, 1.165) is 24.0 Å². The van der Waals surface area contributed by atoms with Crippen LogP contribution in [0.3, 0.4) is 0 Å². The van der Waals surface area contributed by atoms with Crippen molar-refractivity contribution < 1.29 is 18.7 Å². The lowest BCUT2D eigenvalue weighted by Crippen LogP contribution is -2.36. The molecule has 6 heteroatoms. The number of amides is 1. The van der Waals surface area contributed by atoms with Crippen LogP contribution < -0.4 is 14.4 Å². The van der Waals surface area contributed by atoms with Gasteiger partial charge >= 0.3 is 0 Å². The maximum absolute atomic E-state index is 14.4. The first-order valence-corrected chi connectivity index (χ1v) is 8.90. The molecule has 138 valence electrons. The number of aryl methyl sites for hydroxylation is 2. The Morgan fingerprint density at radius 2 is 1.85 bits per heavy atom. The fraction of sp³-hybridized carbons (Fsp3) is 0.350. The molecule has 0 N–H and O–H groups in total. The Hall–Kier alpha value is -2.27. The van der Waals surface area contributed by atoms with Crippen LogP contribution in [0.5, 0.6) is 11.5 Å². The maximum atomic E-state index is 14.4. The van der Waals surface area contributed by atoms with Crippen molar-refractivity contribution in [1.29, 1.82) is 0 Å². The van der Waals surface area contributed by atoms with Gasteiger partial charge in [0.05, 0.1) is 19.9 Å². The van der Waals surface area contributed by atoms with Crippen molar-refractivity contribution >= 4 is 23.2 Å². The number of nitrogens with zero attached hydrogens (tertiary/aromatic N) is 1. The van der Waals surface area contributed by atoms with E-state index < -0.39 is 5.82 Å². The third-order valence-electron chi connectivity index (χ3n) is 4.54. The Morgan fingerprint density at radius 3 is 2.50 bits per heavy atom. The smallest absolute Gasteiger partial charge is 0.227 e. The van der Waals surface area contributed by atoms with Crippen molar-refractivity contribution in [3.63, 3.8) is 0 Å². The molecule has 0 radical (unpaired) electrons.